The number of rotatable bonds is 12. The van der Waals surface area contributed by atoms with Crippen LogP contribution < -0.4 is 16.0 Å². The van der Waals surface area contributed by atoms with E-state index in [-0.39, 0.29) is 37.0 Å². The van der Waals surface area contributed by atoms with Crippen LogP contribution in [0, 0.1) is 5.92 Å². The standard InChI is InChI=1S/C20H37N3O8/c1-6-21-15(10(2)3)19(29)23-12(11(4)24)7-8-14(25)22-9-13-16(26)17(27)18(28)20(30-5)31-13/h10,12-13,15-18,20-21,26-28H,6-9H2,1-5H3,(H,22,25)(H,23,29)/t12-,13+,15-,16+,17-,18+,20+/m0/s1. The van der Waals surface area contributed by atoms with Crippen molar-refractivity contribution in [3.8, 4) is 0 Å². The lowest BCUT2D eigenvalue weighted by Crippen LogP contribution is -2.60. The number of ether oxygens (including phenoxy) is 2. The van der Waals surface area contributed by atoms with Crippen LogP contribution in [0.1, 0.15) is 40.5 Å². The van der Waals surface area contributed by atoms with Gasteiger partial charge in [-0.3, -0.25) is 14.4 Å². The first kappa shape index (κ1) is 27.4. The van der Waals surface area contributed by atoms with Crippen LogP contribution in [0.25, 0.3) is 0 Å². The second kappa shape index (κ2) is 13.0. The number of hydrogen-bond acceptors (Lipinski definition) is 9. The van der Waals surface area contributed by atoms with Gasteiger partial charge >= 0.3 is 0 Å². The first-order valence-corrected chi connectivity index (χ1v) is 10.6. The zero-order valence-electron chi connectivity index (χ0n) is 18.8. The summed E-state index contributed by atoms with van der Waals surface area (Å²) in [5.41, 5.74) is 0. The van der Waals surface area contributed by atoms with E-state index in [1.807, 2.05) is 20.8 Å². The topological polar surface area (TPSA) is 166 Å². The van der Waals surface area contributed by atoms with Gasteiger partial charge in [0.25, 0.3) is 0 Å². The summed E-state index contributed by atoms with van der Waals surface area (Å²) in [6.07, 6.45) is -6.36. The molecule has 0 saturated carbocycles. The number of nitrogens with one attached hydrogen (secondary N) is 3. The molecule has 1 rings (SSSR count). The largest absolute Gasteiger partial charge is 0.388 e. The number of carbonyl (C=O) groups excluding carboxylic acids is 3. The van der Waals surface area contributed by atoms with E-state index in [1.54, 1.807) is 0 Å². The molecule has 1 heterocycles. The molecule has 1 fully saturated rings. The average Bonchev–Trinajstić information content (AvgIpc) is 2.72. The first-order valence-electron chi connectivity index (χ1n) is 10.6. The summed E-state index contributed by atoms with van der Waals surface area (Å²) in [5.74, 6) is -0.943. The normalized spacial score (nSPS) is 28.1. The van der Waals surface area contributed by atoms with Crippen molar-refractivity contribution in [2.45, 2.75) is 83.3 Å². The van der Waals surface area contributed by atoms with Crippen molar-refractivity contribution < 1.29 is 39.2 Å². The Labute approximate surface area is 182 Å². The van der Waals surface area contributed by atoms with Crippen molar-refractivity contribution in [2.24, 2.45) is 5.92 Å². The number of carbonyl (C=O) groups is 3. The van der Waals surface area contributed by atoms with Crippen LogP contribution in [-0.4, -0.2) is 95.9 Å². The van der Waals surface area contributed by atoms with Gasteiger partial charge < -0.3 is 40.7 Å². The van der Waals surface area contributed by atoms with E-state index in [2.05, 4.69) is 16.0 Å². The molecule has 0 aromatic heterocycles. The SMILES string of the molecule is CCN[C@H](C(=O)N[C@@H](CCC(=O)NC[C@H]1O[C@@H](OC)[C@H](O)[C@@H](O)[C@@H]1O)C(C)=O)C(C)C. The van der Waals surface area contributed by atoms with E-state index in [4.69, 9.17) is 9.47 Å². The Kier molecular flexibility index (Phi) is 11.5. The minimum Gasteiger partial charge on any atom is -0.388 e. The molecule has 0 spiro atoms. The summed E-state index contributed by atoms with van der Waals surface area (Å²) in [7, 11) is 1.28. The predicted molar refractivity (Wildman–Crippen MR) is 111 cm³/mol. The lowest BCUT2D eigenvalue weighted by molar-refractivity contribution is -0.288. The fourth-order valence-electron chi connectivity index (χ4n) is 3.35. The molecular formula is C20H37N3O8. The van der Waals surface area contributed by atoms with E-state index in [0.717, 1.165) is 0 Å². The quantitative estimate of drug-likeness (QED) is 0.199. The zero-order valence-corrected chi connectivity index (χ0v) is 18.8. The van der Waals surface area contributed by atoms with Gasteiger partial charge in [0.05, 0.1) is 12.1 Å². The number of ketones is 1. The van der Waals surface area contributed by atoms with Crippen molar-refractivity contribution in [3.63, 3.8) is 0 Å². The van der Waals surface area contributed by atoms with Crippen LogP contribution >= 0.6 is 0 Å². The zero-order chi connectivity index (χ0) is 23.7. The minimum absolute atomic E-state index is 0.0302. The van der Waals surface area contributed by atoms with Gasteiger partial charge in [0.15, 0.2) is 12.1 Å². The van der Waals surface area contributed by atoms with Crippen molar-refractivity contribution in [1.29, 1.82) is 0 Å². The Morgan fingerprint density at radius 1 is 1.10 bits per heavy atom. The highest BCUT2D eigenvalue weighted by Gasteiger charge is 2.43. The van der Waals surface area contributed by atoms with Crippen LogP contribution in [0.5, 0.6) is 0 Å². The van der Waals surface area contributed by atoms with Crippen molar-refractivity contribution in [3.05, 3.63) is 0 Å². The molecule has 11 nitrogen and oxygen atoms in total. The molecule has 1 aliphatic heterocycles. The van der Waals surface area contributed by atoms with E-state index >= 15 is 0 Å². The summed E-state index contributed by atoms with van der Waals surface area (Å²) >= 11 is 0. The second-order valence-electron chi connectivity index (χ2n) is 8.04. The number of amides is 2. The monoisotopic (exact) mass is 447 g/mol. The average molecular weight is 448 g/mol. The van der Waals surface area contributed by atoms with Crippen LogP contribution in [0.4, 0.5) is 0 Å². The number of aliphatic hydroxyl groups excluding tert-OH is 3. The van der Waals surface area contributed by atoms with Gasteiger partial charge in [-0.05, 0) is 25.8 Å². The second-order valence-corrected chi connectivity index (χ2v) is 8.04. The molecule has 11 heteroatoms. The Morgan fingerprint density at radius 2 is 1.74 bits per heavy atom. The van der Waals surface area contributed by atoms with Gasteiger partial charge in [-0.25, -0.2) is 0 Å². The van der Waals surface area contributed by atoms with Crippen LogP contribution in [0.3, 0.4) is 0 Å². The Balaban J connectivity index is 2.56. The Bertz CT molecular complexity index is 601. The molecule has 6 N–H and O–H groups in total. The van der Waals surface area contributed by atoms with Crippen molar-refractivity contribution in [1.82, 2.24) is 16.0 Å². The van der Waals surface area contributed by atoms with E-state index in [1.165, 1.54) is 14.0 Å². The van der Waals surface area contributed by atoms with Crippen LogP contribution in [0.15, 0.2) is 0 Å². The molecule has 7 atom stereocenters. The molecule has 31 heavy (non-hydrogen) atoms. The van der Waals surface area contributed by atoms with Gasteiger partial charge in [-0.15, -0.1) is 0 Å². The van der Waals surface area contributed by atoms with E-state index in [0.29, 0.717) is 6.54 Å². The number of Topliss-reactive ketones (excluding diaryl/α,β-unsaturated/α-hetero) is 1. The predicted octanol–water partition coefficient (Wildman–Crippen LogP) is -1.96. The Morgan fingerprint density at radius 3 is 2.26 bits per heavy atom. The number of methoxy groups -OCH3 is 1. The molecule has 1 saturated heterocycles. The van der Waals surface area contributed by atoms with Crippen molar-refractivity contribution in [2.75, 3.05) is 20.2 Å². The molecule has 0 unspecified atom stereocenters. The third-order valence-electron chi connectivity index (χ3n) is 5.24. The summed E-state index contributed by atoms with van der Waals surface area (Å²) < 4.78 is 10.3. The molecule has 0 aliphatic carbocycles. The number of likely N-dealkylation sites (N-methyl/N-ethyl adjacent to an activating group) is 1. The maximum atomic E-state index is 12.5. The minimum atomic E-state index is -1.48. The van der Waals surface area contributed by atoms with Crippen LogP contribution in [0.2, 0.25) is 0 Å². The Hall–Kier alpha value is -1.63. The molecule has 0 aromatic rings. The third-order valence-corrected chi connectivity index (χ3v) is 5.24. The van der Waals surface area contributed by atoms with Crippen LogP contribution in [-0.2, 0) is 23.9 Å². The first-order chi connectivity index (χ1) is 14.5. The maximum absolute atomic E-state index is 12.5. The van der Waals surface area contributed by atoms with Gasteiger partial charge in [-0.1, -0.05) is 20.8 Å². The van der Waals surface area contributed by atoms with Gasteiger partial charge in [0.1, 0.15) is 24.4 Å². The highest BCUT2D eigenvalue weighted by Crippen LogP contribution is 2.21. The van der Waals surface area contributed by atoms with Gasteiger partial charge in [0, 0.05) is 20.1 Å². The fourth-order valence-corrected chi connectivity index (χ4v) is 3.35. The van der Waals surface area contributed by atoms with E-state index in [9.17, 15) is 29.7 Å². The molecule has 0 aromatic carbocycles. The molecular weight excluding hydrogens is 410 g/mol. The van der Waals surface area contributed by atoms with E-state index < -0.39 is 48.7 Å². The fraction of sp³-hybridized carbons (Fsp3) is 0.850. The lowest BCUT2D eigenvalue weighted by atomic mass is 9.98. The highest BCUT2D eigenvalue weighted by atomic mass is 16.7. The molecule has 180 valence electrons. The summed E-state index contributed by atoms with van der Waals surface area (Å²) in [6.45, 7) is 7.51. The molecule has 0 bridgehead atoms. The smallest absolute Gasteiger partial charge is 0.237 e. The molecule has 2 amide bonds. The van der Waals surface area contributed by atoms with Gasteiger partial charge in [0.2, 0.25) is 11.8 Å². The van der Waals surface area contributed by atoms with Crippen molar-refractivity contribution >= 4 is 17.6 Å². The maximum Gasteiger partial charge on any atom is 0.237 e. The lowest BCUT2D eigenvalue weighted by Gasteiger charge is -2.39. The summed E-state index contributed by atoms with van der Waals surface area (Å²) in [6, 6.07) is -1.24. The number of aliphatic hydroxyl groups is 3. The highest BCUT2D eigenvalue weighted by molar-refractivity contribution is 5.90. The third kappa shape index (κ3) is 8.09. The molecule has 0 radical (unpaired) electrons. The summed E-state index contributed by atoms with van der Waals surface area (Å²) in [4.78, 5) is 36.7. The number of hydrogen-bond donors (Lipinski definition) is 6. The van der Waals surface area contributed by atoms with Gasteiger partial charge in [-0.2, -0.15) is 0 Å². The summed E-state index contributed by atoms with van der Waals surface area (Å²) in [5, 5.41) is 38.0. The molecule has 1 aliphatic rings.